The molecule has 0 saturated carbocycles. The Morgan fingerprint density at radius 2 is 1.78 bits per heavy atom. The SMILES string of the molecule is CC(=O)N1CCCC1C1CCCN1CC(O)CN1CCOCC1. The normalized spacial score (nSPS) is 31.7. The van der Waals surface area contributed by atoms with Crippen LogP contribution in [0.3, 0.4) is 0 Å². The number of β-amino-alcohol motifs (C(OH)–C–C–N with tert-alkyl or cyclic N) is 1. The van der Waals surface area contributed by atoms with E-state index in [4.69, 9.17) is 4.74 Å². The highest BCUT2D eigenvalue weighted by atomic mass is 16.5. The molecule has 0 aromatic carbocycles. The Kier molecular flexibility index (Phi) is 5.91. The van der Waals surface area contributed by atoms with E-state index in [-0.39, 0.29) is 12.0 Å². The van der Waals surface area contributed by atoms with Crippen molar-refractivity contribution in [3.05, 3.63) is 0 Å². The van der Waals surface area contributed by atoms with Crippen LogP contribution in [0.4, 0.5) is 0 Å². The van der Waals surface area contributed by atoms with Crippen LogP contribution < -0.4 is 0 Å². The van der Waals surface area contributed by atoms with Gasteiger partial charge in [-0.3, -0.25) is 14.6 Å². The molecule has 3 aliphatic rings. The highest BCUT2D eigenvalue weighted by Crippen LogP contribution is 2.30. The molecule has 0 spiro atoms. The number of ether oxygens (including phenoxy) is 1. The third kappa shape index (κ3) is 4.24. The first-order chi connectivity index (χ1) is 11.1. The van der Waals surface area contributed by atoms with Crippen LogP contribution in [0.2, 0.25) is 0 Å². The number of amides is 1. The second-order valence-electron chi connectivity index (χ2n) is 7.19. The Morgan fingerprint density at radius 1 is 1.09 bits per heavy atom. The van der Waals surface area contributed by atoms with Gasteiger partial charge in [-0.25, -0.2) is 0 Å². The molecular formula is C17H31N3O3. The van der Waals surface area contributed by atoms with Crippen molar-refractivity contribution in [3.63, 3.8) is 0 Å². The summed E-state index contributed by atoms with van der Waals surface area (Å²) in [6.45, 7) is 8.47. The lowest BCUT2D eigenvalue weighted by Gasteiger charge is -2.36. The zero-order valence-electron chi connectivity index (χ0n) is 14.3. The molecule has 0 radical (unpaired) electrons. The Labute approximate surface area is 139 Å². The van der Waals surface area contributed by atoms with Gasteiger partial charge in [-0.05, 0) is 32.2 Å². The second kappa shape index (κ2) is 7.92. The minimum Gasteiger partial charge on any atom is -0.390 e. The quantitative estimate of drug-likeness (QED) is 0.780. The molecule has 0 aliphatic carbocycles. The van der Waals surface area contributed by atoms with Crippen LogP contribution in [0.5, 0.6) is 0 Å². The van der Waals surface area contributed by atoms with E-state index in [0.29, 0.717) is 12.1 Å². The summed E-state index contributed by atoms with van der Waals surface area (Å²) in [4.78, 5) is 18.6. The molecule has 1 N–H and O–H groups in total. The Morgan fingerprint density at radius 3 is 2.52 bits per heavy atom. The molecule has 3 heterocycles. The van der Waals surface area contributed by atoms with Gasteiger partial charge in [0, 0.05) is 51.7 Å². The zero-order chi connectivity index (χ0) is 16.2. The van der Waals surface area contributed by atoms with Gasteiger partial charge in [0.05, 0.1) is 19.3 Å². The largest absolute Gasteiger partial charge is 0.390 e. The molecule has 3 atom stereocenters. The van der Waals surface area contributed by atoms with Gasteiger partial charge in [0.1, 0.15) is 0 Å². The summed E-state index contributed by atoms with van der Waals surface area (Å²) in [7, 11) is 0. The Hall–Kier alpha value is -0.690. The van der Waals surface area contributed by atoms with Gasteiger partial charge in [-0.15, -0.1) is 0 Å². The molecule has 0 aromatic heterocycles. The Balaban J connectivity index is 1.53. The van der Waals surface area contributed by atoms with Crippen molar-refractivity contribution in [2.24, 2.45) is 0 Å². The fraction of sp³-hybridized carbons (Fsp3) is 0.941. The molecule has 3 unspecified atom stereocenters. The van der Waals surface area contributed by atoms with Crippen LogP contribution in [0.15, 0.2) is 0 Å². The molecule has 3 rings (SSSR count). The molecular weight excluding hydrogens is 294 g/mol. The van der Waals surface area contributed by atoms with Crippen LogP contribution in [0.25, 0.3) is 0 Å². The minimum absolute atomic E-state index is 0.202. The van der Waals surface area contributed by atoms with Gasteiger partial charge < -0.3 is 14.7 Å². The third-order valence-corrected chi connectivity index (χ3v) is 5.58. The molecule has 6 nitrogen and oxygen atoms in total. The van der Waals surface area contributed by atoms with E-state index in [1.165, 1.54) is 6.42 Å². The number of carbonyl (C=O) groups excluding carboxylic acids is 1. The van der Waals surface area contributed by atoms with Gasteiger partial charge in [-0.2, -0.15) is 0 Å². The fourth-order valence-corrected chi connectivity index (χ4v) is 4.51. The standard InChI is InChI=1S/C17H31N3O3/c1-14(21)20-7-3-5-17(20)16-4-2-6-19(16)13-15(22)12-18-8-10-23-11-9-18/h15-17,22H,2-13H2,1H3. The van der Waals surface area contributed by atoms with E-state index in [1.54, 1.807) is 6.92 Å². The summed E-state index contributed by atoms with van der Waals surface area (Å²) >= 11 is 0. The lowest BCUT2D eigenvalue weighted by Crippen LogP contribution is -2.51. The molecule has 0 aromatic rings. The molecule has 132 valence electrons. The van der Waals surface area contributed by atoms with Crippen LogP contribution >= 0.6 is 0 Å². The lowest BCUT2D eigenvalue weighted by atomic mass is 10.0. The number of aliphatic hydroxyl groups excluding tert-OH is 1. The maximum Gasteiger partial charge on any atom is 0.219 e. The van der Waals surface area contributed by atoms with E-state index in [1.807, 2.05) is 0 Å². The summed E-state index contributed by atoms with van der Waals surface area (Å²) in [6.07, 6.45) is 4.24. The third-order valence-electron chi connectivity index (χ3n) is 5.58. The monoisotopic (exact) mass is 325 g/mol. The van der Waals surface area contributed by atoms with Gasteiger partial charge >= 0.3 is 0 Å². The molecule has 1 amide bonds. The van der Waals surface area contributed by atoms with Crippen molar-refractivity contribution >= 4 is 5.91 Å². The molecule has 3 aliphatic heterocycles. The predicted molar refractivity (Wildman–Crippen MR) is 88.3 cm³/mol. The number of hydrogen-bond donors (Lipinski definition) is 1. The number of rotatable bonds is 5. The second-order valence-corrected chi connectivity index (χ2v) is 7.19. The highest BCUT2D eigenvalue weighted by Gasteiger charge is 2.39. The summed E-state index contributed by atoms with van der Waals surface area (Å²) in [5, 5.41) is 10.5. The van der Waals surface area contributed by atoms with Gasteiger partial charge in [0.25, 0.3) is 0 Å². The maximum atomic E-state index is 11.8. The first-order valence-electron chi connectivity index (χ1n) is 9.14. The number of hydrogen-bond acceptors (Lipinski definition) is 5. The van der Waals surface area contributed by atoms with E-state index in [0.717, 1.165) is 71.7 Å². The molecule has 0 bridgehead atoms. The average Bonchev–Trinajstić information content (AvgIpc) is 3.16. The molecule has 3 saturated heterocycles. The minimum atomic E-state index is -0.319. The van der Waals surface area contributed by atoms with Crippen molar-refractivity contribution < 1.29 is 14.6 Å². The van der Waals surface area contributed by atoms with Crippen molar-refractivity contribution in [1.29, 1.82) is 0 Å². The van der Waals surface area contributed by atoms with Crippen molar-refractivity contribution in [2.75, 3.05) is 52.5 Å². The van der Waals surface area contributed by atoms with Gasteiger partial charge in [0.2, 0.25) is 5.91 Å². The van der Waals surface area contributed by atoms with Crippen LogP contribution in [0.1, 0.15) is 32.6 Å². The summed E-state index contributed by atoms with van der Waals surface area (Å²) < 4.78 is 5.36. The topological polar surface area (TPSA) is 56.2 Å². The molecule has 23 heavy (non-hydrogen) atoms. The van der Waals surface area contributed by atoms with Crippen molar-refractivity contribution in [3.8, 4) is 0 Å². The lowest BCUT2D eigenvalue weighted by molar-refractivity contribution is -0.130. The average molecular weight is 325 g/mol. The van der Waals surface area contributed by atoms with Gasteiger partial charge in [0.15, 0.2) is 0 Å². The molecule has 3 fully saturated rings. The molecule has 6 heteroatoms. The maximum absolute atomic E-state index is 11.8. The summed E-state index contributed by atoms with van der Waals surface area (Å²) in [6, 6.07) is 0.784. The van der Waals surface area contributed by atoms with E-state index in [2.05, 4.69) is 14.7 Å². The van der Waals surface area contributed by atoms with E-state index in [9.17, 15) is 9.90 Å². The van der Waals surface area contributed by atoms with E-state index < -0.39 is 0 Å². The first-order valence-corrected chi connectivity index (χ1v) is 9.14. The van der Waals surface area contributed by atoms with Crippen LogP contribution in [0, 0.1) is 0 Å². The van der Waals surface area contributed by atoms with Crippen LogP contribution in [-0.4, -0.2) is 96.4 Å². The number of aliphatic hydroxyl groups is 1. The predicted octanol–water partition coefficient (Wildman–Crippen LogP) is 0.155. The Bertz CT molecular complexity index is 401. The zero-order valence-corrected chi connectivity index (χ0v) is 14.3. The number of nitrogens with zero attached hydrogens (tertiary/aromatic N) is 3. The van der Waals surface area contributed by atoms with Gasteiger partial charge in [-0.1, -0.05) is 0 Å². The summed E-state index contributed by atoms with van der Waals surface area (Å²) in [5.74, 6) is 0.202. The van der Waals surface area contributed by atoms with Crippen molar-refractivity contribution in [1.82, 2.24) is 14.7 Å². The fourth-order valence-electron chi connectivity index (χ4n) is 4.51. The number of likely N-dealkylation sites (tertiary alicyclic amines) is 2. The van der Waals surface area contributed by atoms with Crippen LogP contribution in [-0.2, 0) is 9.53 Å². The summed E-state index contributed by atoms with van der Waals surface area (Å²) in [5.41, 5.74) is 0. The van der Waals surface area contributed by atoms with E-state index >= 15 is 0 Å². The smallest absolute Gasteiger partial charge is 0.219 e. The van der Waals surface area contributed by atoms with Crippen molar-refractivity contribution in [2.45, 2.75) is 50.8 Å². The number of carbonyl (C=O) groups is 1. The first kappa shape index (κ1) is 17.1. The highest BCUT2D eigenvalue weighted by molar-refractivity contribution is 5.74. The number of morpholine rings is 1.